The molecule has 0 aliphatic heterocycles. The molecule has 3 nitrogen and oxygen atoms in total. The molecule has 2 rings (SSSR count). The van der Waals surface area contributed by atoms with Crippen molar-refractivity contribution in [2.75, 3.05) is 0 Å². The monoisotopic (exact) mass is 330 g/mol. The number of alkyl halides is 1. The minimum atomic E-state index is -0.697. The van der Waals surface area contributed by atoms with Gasteiger partial charge in [0, 0.05) is 23.6 Å². The highest BCUT2D eigenvalue weighted by Gasteiger charge is 2.13. The summed E-state index contributed by atoms with van der Waals surface area (Å²) in [7, 11) is 0. The molecule has 0 amide bonds. The Balaban J connectivity index is 2.11. The molecule has 0 aliphatic rings. The number of halogens is 3. The highest BCUT2D eigenvalue weighted by molar-refractivity contribution is 9.08. The summed E-state index contributed by atoms with van der Waals surface area (Å²) in [5, 5.41) is 4.46. The van der Waals surface area contributed by atoms with Crippen LogP contribution in [0.15, 0.2) is 24.5 Å². The van der Waals surface area contributed by atoms with Gasteiger partial charge in [0.25, 0.3) is 0 Å². The molecule has 102 valence electrons. The Hall–Kier alpha value is -1.43. The lowest BCUT2D eigenvalue weighted by atomic mass is 10.2. The topological polar surface area (TPSA) is 27.1 Å². The molecule has 0 aliphatic carbocycles. The molecule has 0 radical (unpaired) electrons. The SMILES string of the molecule is CCn1cc(COc2c(F)cc(CBr)cc2F)cn1. The van der Waals surface area contributed by atoms with Crippen LogP contribution in [0.2, 0.25) is 0 Å². The second kappa shape index (κ2) is 6.14. The van der Waals surface area contributed by atoms with Crippen LogP contribution in [0.25, 0.3) is 0 Å². The van der Waals surface area contributed by atoms with Crippen molar-refractivity contribution in [1.29, 1.82) is 0 Å². The van der Waals surface area contributed by atoms with Crippen LogP contribution in [0.3, 0.4) is 0 Å². The van der Waals surface area contributed by atoms with Gasteiger partial charge in [-0.15, -0.1) is 0 Å². The van der Waals surface area contributed by atoms with Crippen molar-refractivity contribution in [2.45, 2.75) is 25.4 Å². The van der Waals surface area contributed by atoms with E-state index in [2.05, 4.69) is 21.0 Å². The van der Waals surface area contributed by atoms with Gasteiger partial charge in [0.2, 0.25) is 0 Å². The zero-order valence-corrected chi connectivity index (χ0v) is 12.0. The molecule has 0 spiro atoms. The lowest BCUT2D eigenvalue weighted by Crippen LogP contribution is -2.00. The summed E-state index contributed by atoms with van der Waals surface area (Å²) in [6.07, 6.45) is 3.40. The maximum atomic E-state index is 13.7. The first-order chi connectivity index (χ1) is 9.13. The van der Waals surface area contributed by atoms with Gasteiger partial charge in [0.05, 0.1) is 6.20 Å². The first-order valence-corrected chi connectivity index (χ1v) is 6.94. The predicted octanol–water partition coefficient (Wildman–Crippen LogP) is 3.66. The van der Waals surface area contributed by atoms with Crippen LogP contribution in [0.4, 0.5) is 8.78 Å². The predicted molar refractivity (Wildman–Crippen MR) is 71.2 cm³/mol. The molecule has 0 fully saturated rings. The van der Waals surface area contributed by atoms with Gasteiger partial charge in [-0.05, 0) is 24.6 Å². The van der Waals surface area contributed by atoms with Crippen LogP contribution in [-0.4, -0.2) is 9.78 Å². The molecule has 0 bridgehead atoms. The van der Waals surface area contributed by atoms with E-state index in [0.717, 1.165) is 12.1 Å². The number of aryl methyl sites for hydroxylation is 1. The molecule has 19 heavy (non-hydrogen) atoms. The van der Waals surface area contributed by atoms with E-state index in [9.17, 15) is 8.78 Å². The van der Waals surface area contributed by atoms with Crippen LogP contribution >= 0.6 is 15.9 Å². The van der Waals surface area contributed by atoms with E-state index < -0.39 is 11.6 Å². The van der Waals surface area contributed by atoms with Gasteiger partial charge in [0.1, 0.15) is 6.61 Å². The standard InChI is InChI=1S/C13H13BrF2N2O/c1-2-18-7-10(6-17-18)8-19-13-11(15)3-9(5-14)4-12(13)16/h3-4,6-7H,2,5,8H2,1H3. The van der Waals surface area contributed by atoms with Crippen molar-refractivity contribution in [3.63, 3.8) is 0 Å². The van der Waals surface area contributed by atoms with Crippen molar-refractivity contribution < 1.29 is 13.5 Å². The van der Waals surface area contributed by atoms with Crippen LogP contribution in [0.5, 0.6) is 5.75 Å². The smallest absolute Gasteiger partial charge is 0.191 e. The van der Waals surface area contributed by atoms with Gasteiger partial charge < -0.3 is 4.74 Å². The molecule has 0 saturated heterocycles. The number of ether oxygens (including phenoxy) is 1. The van der Waals surface area contributed by atoms with E-state index >= 15 is 0 Å². The molecule has 0 saturated carbocycles. The summed E-state index contributed by atoms with van der Waals surface area (Å²) >= 11 is 3.15. The van der Waals surface area contributed by atoms with Crippen molar-refractivity contribution in [3.05, 3.63) is 47.3 Å². The van der Waals surface area contributed by atoms with E-state index in [1.807, 2.05) is 6.92 Å². The third-order valence-electron chi connectivity index (χ3n) is 2.61. The summed E-state index contributed by atoms with van der Waals surface area (Å²) in [6, 6.07) is 2.51. The Kier molecular flexibility index (Phi) is 4.52. The lowest BCUT2D eigenvalue weighted by molar-refractivity contribution is 0.274. The van der Waals surface area contributed by atoms with Crippen molar-refractivity contribution in [2.24, 2.45) is 0 Å². The Bertz CT molecular complexity index is 549. The summed E-state index contributed by atoms with van der Waals surface area (Å²) in [6.45, 7) is 2.78. The Labute approximate surface area is 118 Å². The van der Waals surface area contributed by atoms with Gasteiger partial charge in [-0.3, -0.25) is 4.68 Å². The largest absolute Gasteiger partial charge is 0.483 e. The van der Waals surface area contributed by atoms with Crippen molar-refractivity contribution >= 4 is 15.9 Å². The van der Waals surface area contributed by atoms with Gasteiger partial charge in [-0.2, -0.15) is 5.10 Å². The van der Waals surface area contributed by atoms with Crippen molar-refractivity contribution in [3.8, 4) is 5.75 Å². The summed E-state index contributed by atoms with van der Waals surface area (Å²) in [4.78, 5) is 0. The molecular weight excluding hydrogens is 318 g/mol. The van der Waals surface area contributed by atoms with E-state index in [-0.39, 0.29) is 12.4 Å². The molecule has 0 N–H and O–H groups in total. The number of benzene rings is 1. The fraction of sp³-hybridized carbons (Fsp3) is 0.308. The van der Waals surface area contributed by atoms with Gasteiger partial charge in [-0.1, -0.05) is 15.9 Å². The molecule has 6 heteroatoms. The summed E-state index contributed by atoms with van der Waals surface area (Å²) in [5.74, 6) is -1.75. The average molecular weight is 331 g/mol. The normalized spacial score (nSPS) is 10.7. The zero-order valence-electron chi connectivity index (χ0n) is 10.4. The number of nitrogens with zero attached hydrogens (tertiary/aromatic N) is 2. The number of rotatable bonds is 5. The fourth-order valence-electron chi connectivity index (χ4n) is 1.64. The maximum Gasteiger partial charge on any atom is 0.191 e. The second-order valence-corrected chi connectivity index (χ2v) is 4.58. The van der Waals surface area contributed by atoms with Crippen LogP contribution in [0.1, 0.15) is 18.1 Å². The first kappa shape index (κ1) is 14.0. The maximum absolute atomic E-state index is 13.7. The fourth-order valence-corrected chi connectivity index (χ4v) is 1.96. The summed E-state index contributed by atoms with van der Waals surface area (Å²) in [5.41, 5.74) is 1.30. The van der Waals surface area contributed by atoms with E-state index in [4.69, 9.17) is 4.74 Å². The van der Waals surface area contributed by atoms with Gasteiger partial charge >= 0.3 is 0 Å². The Morgan fingerprint density at radius 2 is 1.95 bits per heavy atom. The zero-order chi connectivity index (χ0) is 13.8. The quantitative estimate of drug-likeness (QED) is 0.782. The lowest BCUT2D eigenvalue weighted by Gasteiger charge is -2.08. The third-order valence-corrected chi connectivity index (χ3v) is 3.25. The third kappa shape index (κ3) is 3.32. The molecular formula is C13H13BrF2N2O. The van der Waals surface area contributed by atoms with E-state index in [1.54, 1.807) is 17.1 Å². The number of hydrogen-bond donors (Lipinski definition) is 0. The minimum Gasteiger partial charge on any atom is -0.483 e. The molecule has 0 unspecified atom stereocenters. The second-order valence-electron chi connectivity index (χ2n) is 4.02. The van der Waals surface area contributed by atoms with Gasteiger partial charge in [0.15, 0.2) is 17.4 Å². The molecule has 2 aromatic rings. The highest BCUT2D eigenvalue weighted by atomic mass is 79.9. The van der Waals surface area contributed by atoms with E-state index in [1.165, 1.54) is 12.1 Å². The number of hydrogen-bond acceptors (Lipinski definition) is 2. The molecule has 1 aromatic heterocycles. The van der Waals surface area contributed by atoms with Crippen molar-refractivity contribution in [1.82, 2.24) is 9.78 Å². The molecule has 1 aromatic carbocycles. The average Bonchev–Trinajstić information content (AvgIpc) is 2.85. The first-order valence-electron chi connectivity index (χ1n) is 5.82. The Morgan fingerprint density at radius 3 is 2.47 bits per heavy atom. The van der Waals surface area contributed by atoms with Crippen LogP contribution in [-0.2, 0) is 18.5 Å². The molecule has 0 atom stereocenters. The highest BCUT2D eigenvalue weighted by Crippen LogP contribution is 2.25. The van der Waals surface area contributed by atoms with Crippen LogP contribution < -0.4 is 4.74 Å². The minimum absolute atomic E-state index is 0.0848. The van der Waals surface area contributed by atoms with E-state index in [0.29, 0.717) is 10.9 Å². The van der Waals surface area contributed by atoms with Crippen LogP contribution in [0, 0.1) is 11.6 Å². The molecule has 1 heterocycles. The Morgan fingerprint density at radius 1 is 1.26 bits per heavy atom. The van der Waals surface area contributed by atoms with Gasteiger partial charge in [-0.25, -0.2) is 8.78 Å². The summed E-state index contributed by atoms with van der Waals surface area (Å²) < 4.78 is 34.2. The number of aromatic nitrogens is 2.